The fourth-order valence-electron chi connectivity index (χ4n) is 5.26. The van der Waals surface area contributed by atoms with E-state index in [2.05, 4.69) is 53.6 Å². The molecule has 2 atom stereocenters. The van der Waals surface area contributed by atoms with Crippen LogP contribution in [0.1, 0.15) is 42.9 Å². The minimum absolute atomic E-state index is 0.00683. The average Bonchev–Trinajstić information content (AvgIpc) is 3.33. The van der Waals surface area contributed by atoms with Crippen LogP contribution >= 0.6 is 0 Å². The number of carbonyl (C=O) groups is 2. The van der Waals surface area contributed by atoms with Gasteiger partial charge in [0, 0.05) is 37.2 Å². The summed E-state index contributed by atoms with van der Waals surface area (Å²) in [4.78, 5) is 30.8. The van der Waals surface area contributed by atoms with Crippen molar-refractivity contribution in [2.75, 3.05) is 18.4 Å². The standard InChI is InChI=1S/C26H27N3O2/c1-2-26-14-21(19-6-4-3-5-7-19)13-22(26)16-29(17-26)24(31)11-8-18-12-20-9-10-23(30)28-25(20)27-15-18/h3-8,11-12,14-15,22H,2,9-10,13,16-17H2,1H3,(H,27,28,30). The topological polar surface area (TPSA) is 62.3 Å². The second kappa shape index (κ2) is 7.80. The van der Waals surface area contributed by atoms with Gasteiger partial charge in [0.15, 0.2) is 0 Å². The zero-order valence-corrected chi connectivity index (χ0v) is 17.8. The van der Waals surface area contributed by atoms with Gasteiger partial charge in [-0.1, -0.05) is 43.3 Å². The van der Waals surface area contributed by atoms with E-state index in [4.69, 9.17) is 0 Å². The Morgan fingerprint density at radius 2 is 2.13 bits per heavy atom. The van der Waals surface area contributed by atoms with Gasteiger partial charge in [-0.25, -0.2) is 4.98 Å². The fourth-order valence-corrected chi connectivity index (χ4v) is 5.26. The number of nitrogens with zero attached hydrogens (tertiary/aromatic N) is 2. The highest BCUT2D eigenvalue weighted by Gasteiger charge is 2.48. The molecule has 5 heteroatoms. The Morgan fingerprint density at radius 1 is 1.29 bits per heavy atom. The first-order valence-electron chi connectivity index (χ1n) is 11.1. The molecule has 5 rings (SSSR count). The predicted molar refractivity (Wildman–Crippen MR) is 122 cm³/mol. The normalized spacial score (nSPS) is 24.7. The van der Waals surface area contributed by atoms with Crippen LogP contribution in [0.25, 0.3) is 11.6 Å². The van der Waals surface area contributed by atoms with Gasteiger partial charge in [0.2, 0.25) is 11.8 Å². The number of fused-ring (bicyclic) bond motifs is 2. The van der Waals surface area contributed by atoms with Crippen LogP contribution in [0.4, 0.5) is 5.82 Å². The number of carbonyl (C=O) groups excluding carboxylic acids is 2. The molecule has 1 fully saturated rings. The van der Waals surface area contributed by atoms with E-state index >= 15 is 0 Å². The predicted octanol–water partition coefficient (Wildman–Crippen LogP) is 4.32. The third-order valence-electron chi connectivity index (χ3n) is 7.07. The number of nitrogens with one attached hydrogen (secondary N) is 1. The first-order chi connectivity index (χ1) is 15.1. The summed E-state index contributed by atoms with van der Waals surface area (Å²) in [5, 5.41) is 2.79. The van der Waals surface area contributed by atoms with Crippen molar-refractivity contribution in [3.05, 3.63) is 71.4 Å². The number of hydrogen-bond acceptors (Lipinski definition) is 3. The lowest BCUT2D eigenvalue weighted by Crippen LogP contribution is -2.29. The number of benzene rings is 1. The lowest BCUT2D eigenvalue weighted by Gasteiger charge is -2.25. The minimum atomic E-state index is 0.00683. The highest BCUT2D eigenvalue weighted by Crippen LogP contribution is 2.51. The van der Waals surface area contributed by atoms with Crippen molar-refractivity contribution in [1.82, 2.24) is 9.88 Å². The van der Waals surface area contributed by atoms with Crippen LogP contribution in [0.15, 0.2) is 54.7 Å². The maximum Gasteiger partial charge on any atom is 0.246 e. The minimum Gasteiger partial charge on any atom is -0.338 e. The summed E-state index contributed by atoms with van der Waals surface area (Å²) >= 11 is 0. The van der Waals surface area contributed by atoms with Gasteiger partial charge in [0.05, 0.1) is 0 Å². The Morgan fingerprint density at radius 3 is 2.90 bits per heavy atom. The van der Waals surface area contributed by atoms with Crippen molar-refractivity contribution in [1.29, 1.82) is 0 Å². The number of likely N-dealkylation sites (tertiary alicyclic amines) is 1. The second-order valence-electron chi connectivity index (χ2n) is 8.90. The number of rotatable bonds is 4. The molecule has 0 bridgehead atoms. The van der Waals surface area contributed by atoms with E-state index in [0.29, 0.717) is 24.6 Å². The molecule has 3 aliphatic rings. The van der Waals surface area contributed by atoms with E-state index in [0.717, 1.165) is 37.1 Å². The van der Waals surface area contributed by atoms with Gasteiger partial charge in [0.25, 0.3) is 0 Å². The lowest BCUT2D eigenvalue weighted by atomic mass is 9.79. The molecule has 0 saturated carbocycles. The Hall–Kier alpha value is -3.21. The van der Waals surface area contributed by atoms with Crippen molar-refractivity contribution in [3.63, 3.8) is 0 Å². The first-order valence-corrected chi connectivity index (χ1v) is 11.1. The molecule has 1 N–H and O–H groups in total. The maximum absolute atomic E-state index is 12.9. The number of anilines is 1. The second-order valence-corrected chi connectivity index (χ2v) is 8.90. The zero-order valence-electron chi connectivity index (χ0n) is 17.8. The molecular formula is C26H27N3O2. The Bertz CT molecular complexity index is 1090. The largest absolute Gasteiger partial charge is 0.338 e. The van der Waals surface area contributed by atoms with Crippen LogP contribution in [0.3, 0.4) is 0 Å². The molecule has 5 nitrogen and oxygen atoms in total. The molecule has 158 valence electrons. The number of hydrogen-bond donors (Lipinski definition) is 1. The van der Waals surface area contributed by atoms with Crippen LogP contribution < -0.4 is 5.32 Å². The summed E-state index contributed by atoms with van der Waals surface area (Å²) in [5.41, 5.74) is 4.72. The highest BCUT2D eigenvalue weighted by molar-refractivity contribution is 5.94. The van der Waals surface area contributed by atoms with Gasteiger partial charge in [-0.05, 0) is 59.6 Å². The van der Waals surface area contributed by atoms with Crippen molar-refractivity contribution in [3.8, 4) is 0 Å². The number of amides is 2. The molecule has 0 radical (unpaired) electrons. The molecule has 3 heterocycles. The molecular weight excluding hydrogens is 386 g/mol. The van der Waals surface area contributed by atoms with Crippen molar-refractivity contribution in [2.24, 2.45) is 11.3 Å². The summed E-state index contributed by atoms with van der Waals surface area (Å²) in [5.74, 6) is 1.19. The molecule has 2 amide bonds. The van der Waals surface area contributed by atoms with E-state index < -0.39 is 0 Å². The Balaban J connectivity index is 1.29. The third-order valence-corrected chi connectivity index (χ3v) is 7.07. The van der Waals surface area contributed by atoms with Gasteiger partial charge >= 0.3 is 0 Å². The van der Waals surface area contributed by atoms with Crippen LogP contribution in [-0.4, -0.2) is 34.8 Å². The van der Waals surface area contributed by atoms with E-state index in [-0.39, 0.29) is 17.2 Å². The third kappa shape index (κ3) is 3.69. The van der Waals surface area contributed by atoms with Crippen LogP contribution in [0, 0.1) is 11.3 Å². The van der Waals surface area contributed by atoms with E-state index in [9.17, 15) is 9.59 Å². The van der Waals surface area contributed by atoms with Gasteiger partial charge in [-0.3, -0.25) is 9.59 Å². The summed E-state index contributed by atoms with van der Waals surface area (Å²) in [6.07, 6.45) is 10.9. The molecule has 1 saturated heterocycles. The number of aromatic nitrogens is 1. The number of allylic oxidation sites excluding steroid dienone is 1. The number of pyridine rings is 1. The fraction of sp³-hybridized carbons (Fsp3) is 0.346. The van der Waals surface area contributed by atoms with Crippen LogP contribution in [0.5, 0.6) is 0 Å². The van der Waals surface area contributed by atoms with Gasteiger partial charge in [-0.15, -0.1) is 0 Å². The van der Waals surface area contributed by atoms with Crippen LogP contribution in [0.2, 0.25) is 0 Å². The molecule has 31 heavy (non-hydrogen) atoms. The molecule has 2 aliphatic heterocycles. The summed E-state index contributed by atoms with van der Waals surface area (Å²) < 4.78 is 0. The van der Waals surface area contributed by atoms with E-state index in [1.165, 1.54) is 11.1 Å². The SMILES string of the molecule is CCC12C=C(c3ccccc3)CC1CN(C(=O)C=Cc1cnc3c(c1)CCC(=O)N3)C2. The molecule has 1 aliphatic carbocycles. The molecule has 1 aromatic carbocycles. The van der Waals surface area contributed by atoms with Gasteiger partial charge < -0.3 is 10.2 Å². The average molecular weight is 414 g/mol. The van der Waals surface area contributed by atoms with E-state index in [1.807, 2.05) is 17.0 Å². The van der Waals surface area contributed by atoms with Crippen molar-refractivity contribution < 1.29 is 9.59 Å². The maximum atomic E-state index is 12.9. The monoisotopic (exact) mass is 413 g/mol. The smallest absolute Gasteiger partial charge is 0.246 e. The zero-order chi connectivity index (χ0) is 21.4. The number of aryl methyl sites for hydroxylation is 1. The highest BCUT2D eigenvalue weighted by atomic mass is 16.2. The lowest BCUT2D eigenvalue weighted by molar-refractivity contribution is -0.125. The Kier molecular flexibility index (Phi) is 4.97. The van der Waals surface area contributed by atoms with Crippen LogP contribution in [-0.2, 0) is 16.0 Å². The van der Waals surface area contributed by atoms with E-state index in [1.54, 1.807) is 12.3 Å². The molecule has 2 aromatic rings. The molecule has 0 spiro atoms. The molecule has 1 aromatic heterocycles. The van der Waals surface area contributed by atoms with Crippen molar-refractivity contribution >= 4 is 29.3 Å². The Labute approximate surface area is 182 Å². The summed E-state index contributed by atoms with van der Waals surface area (Å²) in [6, 6.07) is 12.6. The summed E-state index contributed by atoms with van der Waals surface area (Å²) in [7, 11) is 0. The summed E-state index contributed by atoms with van der Waals surface area (Å²) in [6.45, 7) is 3.82. The van der Waals surface area contributed by atoms with Crippen molar-refractivity contribution in [2.45, 2.75) is 32.6 Å². The van der Waals surface area contributed by atoms with Gasteiger partial charge in [-0.2, -0.15) is 0 Å². The first kappa shape index (κ1) is 19.7. The quantitative estimate of drug-likeness (QED) is 0.760. The molecule has 2 unspecified atom stereocenters. The van der Waals surface area contributed by atoms with Gasteiger partial charge in [0.1, 0.15) is 5.82 Å².